The fourth-order valence-corrected chi connectivity index (χ4v) is 3.34. The molecule has 2 N–H and O–H groups in total. The molecule has 0 bridgehead atoms. The quantitative estimate of drug-likeness (QED) is 0.734. The first-order chi connectivity index (χ1) is 11.4. The fourth-order valence-electron chi connectivity index (χ4n) is 2.05. The van der Waals surface area contributed by atoms with Gasteiger partial charge in [0.1, 0.15) is 0 Å². The molecule has 7 heteroatoms. The van der Waals surface area contributed by atoms with Crippen molar-refractivity contribution in [3.8, 4) is 0 Å². The molecule has 2 aromatic rings. The second-order valence-corrected chi connectivity index (χ2v) is 7.37. The maximum Gasteiger partial charge on any atom is 0.261 e. The van der Waals surface area contributed by atoms with Crippen molar-refractivity contribution in [3.05, 3.63) is 59.1 Å². The van der Waals surface area contributed by atoms with Crippen molar-refractivity contribution in [1.29, 1.82) is 0 Å². The van der Waals surface area contributed by atoms with Crippen LogP contribution in [-0.2, 0) is 10.0 Å². The SMILES string of the molecule is CCCCNC(=O)c1cccc(S(=O)(=O)Nc2cccc(Cl)c2)c1. The van der Waals surface area contributed by atoms with E-state index in [1.54, 1.807) is 30.3 Å². The molecule has 0 spiro atoms. The Hall–Kier alpha value is -2.05. The van der Waals surface area contributed by atoms with Crippen LogP contribution >= 0.6 is 11.6 Å². The maximum absolute atomic E-state index is 12.5. The van der Waals surface area contributed by atoms with E-state index >= 15 is 0 Å². The molecule has 0 unspecified atom stereocenters. The minimum absolute atomic E-state index is 0.0191. The Morgan fingerprint density at radius 2 is 1.88 bits per heavy atom. The van der Waals surface area contributed by atoms with E-state index in [-0.39, 0.29) is 10.8 Å². The van der Waals surface area contributed by atoms with Crippen molar-refractivity contribution in [2.45, 2.75) is 24.7 Å². The van der Waals surface area contributed by atoms with E-state index < -0.39 is 10.0 Å². The summed E-state index contributed by atoms with van der Waals surface area (Å²) in [5.41, 5.74) is 0.667. The molecule has 0 aliphatic carbocycles. The Morgan fingerprint density at radius 1 is 1.12 bits per heavy atom. The molecule has 0 aliphatic heterocycles. The third-order valence-corrected chi connectivity index (χ3v) is 4.91. The largest absolute Gasteiger partial charge is 0.352 e. The predicted molar refractivity (Wildman–Crippen MR) is 95.9 cm³/mol. The number of benzene rings is 2. The van der Waals surface area contributed by atoms with E-state index in [1.165, 1.54) is 18.2 Å². The van der Waals surface area contributed by atoms with Crippen LogP contribution in [0.5, 0.6) is 0 Å². The van der Waals surface area contributed by atoms with E-state index in [1.807, 2.05) is 6.92 Å². The second-order valence-electron chi connectivity index (χ2n) is 5.25. The number of carbonyl (C=O) groups is 1. The van der Waals surface area contributed by atoms with Crippen molar-refractivity contribution in [2.75, 3.05) is 11.3 Å². The van der Waals surface area contributed by atoms with Gasteiger partial charge in [0.25, 0.3) is 15.9 Å². The van der Waals surface area contributed by atoms with Gasteiger partial charge in [0.05, 0.1) is 10.6 Å². The van der Waals surface area contributed by atoms with Crippen LogP contribution in [0.2, 0.25) is 5.02 Å². The lowest BCUT2D eigenvalue weighted by molar-refractivity contribution is 0.0953. The number of amides is 1. The molecule has 5 nitrogen and oxygen atoms in total. The van der Waals surface area contributed by atoms with Crippen molar-refractivity contribution in [2.24, 2.45) is 0 Å². The average molecular weight is 367 g/mol. The second kappa shape index (κ2) is 8.17. The summed E-state index contributed by atoms with van der Waals surface area (Å²) < 4.78 is 27.4. The highest BCUT2D eigenvalue weighted by atomic mass is 35.5. The van der Waals surface area contributed by atoms with Crippen LogP contribution in [0.15, 0.2) is 53.4 Å². The lowest BCUT2D eigenvalue weighted by Gasteiger charge is -2.10. The number of hydrogen-bond donors (Lipinski definition) is 2. The third kappa shape index (κ3) is 4.97. The average Bonchev–Trinajstić information content (AvgIpc) is 2.55. The van der Waals surface area contributed by atoms with Crippen LogP contribution in [0, 0.1) is 0 Å². The molecule has 2 rings (SSSR count). The highest BCUT2D eigenvalue weighted by molar-refractivity contribution is 7.92. The number of hydrogen-bond acceptors (Lipinski definition) is 3. The van der Waals surface area contributed by atoms with E-state index in [2.05, 4.69) is 10.0 Å². The van der Waals surface area contributed by atoms with Gasteiger partial charge in [-0.25, -0.2) is 8.42 Å². The minimum Gasteiger partial charge on any atom is -0.352 e. The van der Waals surface area contributed by atoms with Gasteiger partial charge in [0.2, 0.25) is 0 Å². The molecule has 24 heavy (non-hydrogen) atoms. The Morgan fingerprint density at radius 3 is 2.58 bits per heavy atom. The van der Waals surface area contributed by atoms with E-state index in [9.17, 15) is 13.2 Å². The molecule has 0 saturated carbocycles. The summed E-state index contributed by atoms with van der Waals surface area (Å²) >= 11 is 5.86. The molecule has 0 heterocycles. The smallest absolute Gasteiger partial charge is 0.261 e. The van der Waals surface area contributed by atoms with E-state index in [4.69, 9.17) is 11.6 Å². The molecule has 0 radical (unpaired) electrons. The van der Waals surface area contributed by atoms with Gasteiger partial charge in [0, 0.05) is 17.1 Å². The van der Waals surface area contributed by atoms with Gasteiger partial charge in [-0.2, -0.15) is 0 Å². The first kappa shape index (κ1) is 18.3. The number of rotatable bonds is 7. The molecule has 1 amide bonds. The number of sulfonamides is 1. The highest BCUT2D eigenvalue weighted by Crippen LogP contribution is 2.20. The molecule has 0 saturated heterocycles. The number of carbonyl (C=O) groups excluding carboxylic acids is 1. The zero-order valence-corrected chi connectivity index (χ0v) is 14.8. The summed E-state index contributed by atoms with van der Waals surface area (Å²) in [4.78, 5) is 12.1. The van der Waals surface area contributed by atoms with Gasteiger partial charge < -0.3 is 5.32 Å². The Labute approximate surface area is 147 Å². The van der Waals surface area contributed by atoms with Gasteiger partial charge >= 0.3 is 0 Å². The Balaban J connectivity index is 2.18. The number of nitrogens with one attached hydrogen (secondary N) is 2. The van der Waals surface area contributed by atoms with Crippen molar-refractivity contribution >= 4 is 33.2 Å². The molecule has 0 fully saturated rings. The van der Waals surface area contributed by atoms with Crippen LogP contribution < -0.4 is 10.0 Å². The first-order valence-electron chi connectivity index (χ1n) is 7.59. The van der Waals surface area contributed by atoms with Crippen LogP contribution in [0.25, 0.3) is 0 Å². The van der Waals surface area contributed by atoms with Gasteiger partial charge in [-0.1, -0.05) is 37.1 Å². The topological polar surface area (TPSA) is 75.3 Å². The number of halogens is 1. The fraction of sp³-hybridized carbons (Fsp3) is 0.235. The number of anilines is 1. The lowest BCUT2D eigenvalue weighted by atomic mass is 10.2. The minimum atomic E-state index is -3.80. The van der Waals surface area contributed by atoms with Gasteiger partial charge in [-0.05, 0) is 42.8 Å². The summed E-state index contributed by atoms with van der Waals surface area (Å²) in [6.07, 6.45) is 1.85. The molecule has 128 valence electrons. The Kier molecular flexibility index (Phi) is 6.23. The Bertz CT molecular complexity index is 822. The lowest BCUT2D eigenvalue weighted by Crippen LogP contribution is -2.24. The first-order valence-corrected chi connectivity index (χ1v) is 9.45. The molecule has 0 atom stereocenters. The van der Waals surface area contributed by atoms with Crippen molar-refractivity contribution in [1.82, 2.24) is 5.32 Å². The third-order valence-electron chi connectivity index (χ3n) is 3.30. The monoisotopic (exact) mass is 366 g/mol. The summed E-state index contributed by atoms with van der Waals surface area (Å²) in [5.74, 6) is -0.289. The standard InChI is InChI=1S/C17H19ClN2O3S/c1-2-3-10-19-17(21)13-6-4-9-16(11-13)24(22,23)20-15-8-5-7-14(18)12-15/h4-9,11-12,20H,2-3,10H2,1H3,(H,19,21). The number of unbranched alkanes of at least 4 members (excludes halogenated alkanes) is 1. The maximum atomic E-state index is 12.5. The van der Waals surface area contributed by atoms with Crippen LogP contribution in [0.1, 0.15) is 30.1 Å². The van der Waals surface area contributed by atoms with Crippen molar-refractivity contribution in [3.63, 3.8) is 0 Å². The van der Waals surface area contributed by atoms with Crippen molar-refractivity contribution < 1.29 is 13.2 Å². The van der Waals surface area contributed by atoms with Gasteiger partial charge in [0.15, 0.2) is 0 Å². The normalized spacial score (nSPS) is 11.1. The zero-order chi connectivity index (χ0) is 17.6. The molecule has 2 aromatic carbocycles. The highest BCUT2D eigenvalue weighted by Gasteiger charge is 2.16. The summed E-state index contributed by atoms with van der Waals surface area (Å²) in [6, 6.07) is 12.3. The van der Waals surface area contributed by atoms with Crippen LogP contribution in [0.3, 0.4) is 0 Å². The van der Waals surface area contributed by atoms with Crippen LogP contribution in [0.4, 0.5) is 5.69 Å². The zero-order valence-electron chi connectivity index (χ0n) is 13.3. The van der Waals surface area contributed by atoms with Gasteiger partial charge in [-0.15, -0.1) is 0 Å². The summed E-state index contributed by atoms with van der Waals surface area (Å²) in [5, 5.41) is 3.19. The molecular weight excluding hydrogens is 348 g/mol. The van der Waals surface area contributed by atoms with E-state index in [0.29, 0.717) is 22.8 Å². The predicted octanol–water partition coefficient (Wildman–Crippen LogP) is 3.67. The molecule has 0 aromatic heterocycles. The summed E-state index contributed by atoms with van der Waals surface area (Å²) in [6.45, 7) is 2.59. The summed E-state index contributed by atoms with van der Waals surface area (Å²) in [7, 11) is -3.80. The van der Waals surface area contributed by atoms with Gasteiger partial charge in [-0.3, -0.25) is 9.52 Å². The molecule has 0 aliphatic rings. The van der Waals surface area contributed by atoms with Crippen LogP contribution in [-0.4, -0.2) is 20.9 Å². The van der Waals surface area contributed by atoms with E-state index in [0.717, 1.165) is 12.8 Å². The molecular formula is C17H19ClN2O3S.